The number of hydrogen-bond acceptors (Lipinski definition) is 4. The Bertz CT molecular complexity index is 516. The fraction of sp³-hybridized carbons (Fsp3) is 0.538. The lowest BCUT2D eigenvalue weighted by Crippen LogP contribution is -2.28. The van der Waals surface area contributed by atoms with Gasteiger partial charge in [0.25, 0.3) is 0 Å². The minimum atomic E-state index is -3.53. The van der Waals surface area contributed by atoms with Crippen LogP contribution in [0.5, 0.6) is 0 Å². The standard InChI is InChI=1S/C13H22N2O3S/c1-9(2)18-6-5-15-19(16,17)12-7-10(3)11(4)13(14)8-12/h7-9,15H,5-6,14H2,1-4H3. The van der Waals surface area contributed by atoms with Crippen LogP contribution in [0.4, 0.5) is 5.69 Å². The summed E-state index contributed by atoms with van der Waals surface area (Å²) in [5.41, 5.74) is 8.05. The highest BCUT2D eigenvalue weighted by molar-refractivity contribution is 7.89. The molecule has 0 aliphatic rings. The average Bonchev–Trinajstić information content (AvgIpc) is 2.31. The summed E-state index contributed by atoms with van der Waals surface area (Å²) in [4.78, 5) is 0.192. The molecule has 0 aromatic heterocycles. The maximum absolute atomic E-state index is 12.1. The Balaban J connectivity index is 2.78. The molecule has 3 N–H and O–H groups in total. The third kappa shape index (κ3) is 4.49. The van der Waals surface area contributed by atoms with Crippen molar-refractivity contribution in [3.63, 3.8) is 0 Å². The topological polar surface area (TPSA) is 81.4 Å². The lowest BCUT2D eigenvalue weighted by molar-refractivity contribution is 0.0834. The minimum absolute atomic E-state index is 0.0850. The molecular formula is C13H22N2O3S. The fourth-order valence-corrected chi connectivity index (χ4v) is 2.69. The summed E-state index contributed by atoms with van der Waals surface area (Å²) >= 11 is 0. The molecule has 1 aromatic carbocycles. The highest BCUT2D eigenvalue weighted by atomic mass is 32.2. The molecule has 5 nitrogen and oxygen atoms in total. The van der Waals surface area contributed by atoms with E-state index in [4.69, 9.17) is 10.5 Å². The summed E-state index contributed by atoms with van der Waals surface area (Å²) in [5, 5.41) is 0. The first-order valence-electron chi connectivity index (χ1n) is 6.22. The van der Waals surface area contributed by atoms with Crippen LogP contribution in [0.1, 0.15) is 25.0 Å². The van der Waals surface area contributed by atoms with Gasteiger partial charge in [-0.15, -0.1) is 0 Å². The second-order valence-corrected chi connectivity index (χ2v) is 6.54. The number of hydrogen-bond donors (Lipinski definition) is 2. The van der Waals surface area contributed by atoms with Crippen LogP contribution < -0.4 is 10.5 Å². The molecule has 0 spiro atoms. The van der Waals surface area contributed by atoms with Gasteiger partial charge in [0.15, 0.2) is 0 Å². The zero-order chi connectivity index (χ0) is 14.6. The Labute approximate surface area is 115 Å². The molecule has 0 bridgehead atoms. The van der Waals surface area contributed by atoms with Gasteiger partial charge < -0.3 is 10.5 Å². The van der Waals surface area contributed by atoms with Crippen molar-refractivity contribution in [3.8, 4) is 0 Å². The van der Waals surface area contributed by atoms with Crippen LogP contribution in [-0.2, 0) is 14.8 Å². The van der Waals surface area contributed by atoms with Gasteiger partial charge in [0.05, 0.1) is 17.6 Å². The molecule has 0 atom stereocenters. The highest BCUT2D eigenvalue weighted by Crippen LogP contribution is 2.21. The Hall–Kier alpha value is -1.11. The van der Waals surface area contributed by atoms with E-state index in [2.05, 4.69) is 4.72 Å². The number of benzene rings is 1. The molecule has 0 fully saturated rings. The van der Waals surface area contributed by atoms with Gasteiger partial charge >= 0.3 is 0 Å². The maximum atomic E-state index is 12.1. The molecule has 0 saturated carbocycles. The molecule has 0 aliphatic heterocycles. The van der Waals surface area contributed by atoms with Gasteiger partial charge in [-0.05, 0) is 51.0 Å². The number of rotatable bonds is 6. The summed E-state index contributed by atoms with van der Waals surface area (Å²) < 4.78 is 31.9. The summed E-state index contributed by atoms with van der Waals surface area (Å²) in [7, 11) is -3.53. The quantitative estimate of drug-likeness (QED) is 0.614. The first-order valence-corrected chi connectivity index (χ1v) is 7.70. The monoisotopic (exact) mass is 286 g/mol. The Morgan fingerprint density at radius 1 is 1.32 bits per heavy atom. The summed E-state index contributed by atoms with van der Waals surface area (Å²) in [5.74, 6) is 0. The molecule has 0 saturated heterocycles. The number of nitrogens with one attached hydrogen (secondary N) is 1. The van der Waals surface area contributed by atoms with Crippen molar-refractivity contribution in [1.29, 1.82) is 0 Å². The largest absolute Gasteiger partial charge is 0.398 e. The Kier molecular flexibility index (Phi) is 5.34. The minimum Gasteiger partial charge on any atom is -0.398 e. The van der Waals surface area contributed by atoms with Crippen molar-refractivity contribution in [3.05, 3.63) is 23.3 Å². The predicted octanol–water partition coefficient (Wildman–Crippen LogP) is 1.59. The van der Waals surface area contributed by atoms with Crippen molar-refractivity contribution < 1.29 is 13.2 Å². The van der Waals surface area contributed by atoms with Gasteiger partial charge in [0.2, 0.25) is 10.0 Å². The van der Waals surface area contributed by atoms with E-state index in [0.717, 1.165) is 11.1 Å². The van der Waals surface area contributed by atoms with Crippen molar-refractivity contribution in [2.45, 2.75) is 38.7 Å². The number of aryl methyl sites for hydroxylation is 1. The number of nitrogen functional groups attached to an aromatic ring is 1. The lowest BCUT2D eigenvalue weighted by Gasteiger charge is -2.12. The van der Waals surface area contributed by atoms with Crippen LogP contribution in [0.15, 0.2) is 17.0 Å². The lowest BCUT2D eigenvalue weighted by atomic mass is 10.1. The van der Waals surface area contributed by atoms with Crippen molar-refractivity contribution in [1.82, 2.24) is 4.72 Å². The third-order valence-electron chi connectivity index (χ3n) is 2.84. The SMILES string of the molecule is Cc1cc(S(=O)(=O)NCCOC(C)C)cc(N)c1C. The van der Waals surface area contributed by atoms with Gasteiger partial charge in [-0.1, -0.05) is 0 Å². The van der Waals surface area contributed by atoms with E-state index in [9.17, 15) is 8.42 Å². The number of anilines is 1. The van der Waals surface area contributed by atoms with E-state index in [-0.39, 0.29) is 17.5 Å². The van der Waals surface area contributed by atoms with Crippen molar-refractivity contribution in [2.24, 2.45) is 0 Å². The molecule has 19 heavy (non-hydrogen) atoms. The van der Waals surface area contributed by atoms with Gasteiger partial charge in [0, 0.05) is 12.2 Å². The van der Waals surface area contributed by atoms with Crippen LogP contribution in [0.3, 0.4) is 0 Å². The van der Waals surface area contributed by atoms with E-state index in [1.165, 1.54) is 6.07 Å². The average molecular weight is 286 g/mol. The first-order chi connectivity index (χ1) is 8.74. The smallest absolute Gasteiger partial charge is 0.240 e. The zero-order valence-corrected chi connectivity index (χ0v) is 12.7. The highest BCUT2D eigenvalue weighted by Gasteiger charge is 2.15. The maximum Gasteiger partial charge on any atom is 0.240 e. The van der Waals surface area contributed by atoms with Gasteiger partial charge in [0.1, 0.15) is 0 Å². The fourth-order valence-electron chi connectivity index (χ4n) is 1.56. The van der Waals surface area contributed by atoms with E-state index >= 15 is 0 Å². The van der Waals surface area contributed by atoms with Crippen LogP contribution >= 0.6 is 0 Å². The van der Waals surface area contributed by atoms with Gasteiger partial charge in [-0.2, -0.15) is 0 Å². The van der Waals surface area contributed by atoms with E-state index in [1.807, 2.05) is 27.7 Å². The molecule has 0 amide bonds. The summed E-state index contributed by atoms with van der Waals surface area (Å²) in [6.07, 6.45) is 0.0850. The second kappa shape index (κ2) is 6.36. The van der Waals surface area contributed by atoms with Crippen molar-refractivity contribution >= 4 is 15.7 Å². The third-order valence-corrected chi connectivity index (χ3v) is 4.28. The normalized spacial score (nSPS) is 12.1. The van der Waals surface area contributed by atoms with Crippen LogP contribution in [0.25, 0.3) is 0 Å². The summed E-state index contributed by atoms with van der Waals surface area (Å²) in [6.45, 7) is 8.10. The molecule has 108 valence electrons. The molecule has 0 aliphatic carbocycles. The molecule has 1 rings (SSSR count). The van der Waals surface area contributed by atoms with Crippen LogP contribution in [0.2, 0.25) is 0 Å². The van der Waals surface area contributed by atoms with Gasteiger partial charge in [-0.25, -0.2) is 13.1 Å². The molecular weight excluding hydrogens is 264 g/mol. The van der Waals surface area contributed by atoms with Crippen molar-refractivity contribution in [2.75, 3.05) is 18.9 Å². The molecule has 0 radical (unpaired) electrons. The molecule has 6 heteroatoms. The number of nitrogens with two attached hydrogens (primary N) is 1. The molecule has 0 heterocycles. The zero-order valence-electron chi connectivity index (χ0n) is 11.9. The summed E-state index contributed by atoms with van der Waals surface area (Å²) in [6, 6.07) is 3.10. The van der Waals surface area contributed by atoms with Crippen LogP contribution in [0, 0.1) is 13.8 Å². The Morgan fingerprint density at radius 2 is 1.95 bits per heavy atom. The van der Waals surface area contributed by atoms with Crippen LogP contribution in [-0.4, -0.2) is 27.7 Å². The number of sulfonamides is 1. The Morgan fingerprint density at radius 3 is 2.47 bits per heavy atom. The van der Waals surface area contributed by atoms with E-state index in [1.54, 1.807) is 6.07 Å². The van der Waals surface area contributed by atoms with Gasteiger partial charge in [-0.3, -0.25) is 0 Å². The first kappa shape index (κ1) is 15.9. The van der Waals surface area contributed by atoms with E-state index in [0.29, 0.717) is 12.3 Å². The molecule has 0 unspecified atom stereocenters. The number of ether oxygens (including phenoxy) is 1. The predicted molar refractivity (Wildman–Crippen MR) is 76.6 cm³/mol. The molecule has 1 aromatic rings. The van der Waals surface area contributed by atoms with E-state index < -0.39 is 10.0 Å². The second-order valence-electron chi connectivity index (χ2n) is 4.77.